The molecule has 0 unspecified atom stereocenters. The Morgan fingerprint density at radius 1 is 1.35 bits per heavy atom. The second kappa shape index (κ2) is 6.00. The highest BCUT2D eigenvalue weighted by Crippen LogP contribution is 2.28. The monoisotopic (exact) mass is 291 g/mol. The number of aromatic nitrogens is 1. The van der Waals surface area contributed by atoms with E-state index in [1.807, 2.05) is 13.0 Å². The maximum absolute atomic E-state index is 11.9. The highest BCUT2D eigenvalue weighted by atomic mass is 35.5. The molecule has 0 aliphatic carbocycles. The third-order valence-electron chi connectivity index (χ3n) is 2.86. The summed E-state index contributed by atoms with van der Waals surface area (Å²) in [6.45, 7) is 3.32. The maximum Gasteiger partial charge on any atom is 0.229 e. The molecule has 1 aromatic heterocycles. The Morgan fingerprint density at radius 2 is 2.10 bits per heavy atom. The molecule has 104 valence electrons. The van der Waals surface area contributed by atoms with Gasteiger partial charge in [0, 0.05) is 30.3 Å². The number of rotatable bonds is 3. The van der Waals surface area contributed by atoms with E-state index in [4.69, 9.17) is 11.6 Å². The highest BCUT2D eigenvalue weighted by molar-refractivity contribution is 6.31. The second-order valence-electron chi connectivity index (χ2n) is 4.35. The van der Waals surface area contributed by atoms with Gasteiger partial charge in [-0.25, -0.2) is 4.98 Å². The first-order valence-electron chi connectivity index (χ1n) is 6.01. The number of quaternary nitrogens is 1. The predicted molar refractivity (Wildman–Crippen MR) is 78.2 cm³/mol. The molecule has 1 aromatic carbocycles. The molecule has 0 aliphatic rings. The lowest BCUT2D eigenvalue weighted by atomic mass is 10.2. The molecule has 0 bridgehead atoms. The summed E-state index contributed by atoms with van der Waals surface area (Å²) < 4.78 is 0. The van der Waals surface area contributed by atoms with Crippen molar-refractivity contribution < 1.29 is 10.3 Å². The third-order valence-corrected chi connectivity index (χ3v) is 3.27. The van der Waals surface area contributed by atoms with Crippen LogP contribution in [0.4, 0.5) is 17.2 Å². The normalized spacial score (nSPS) is 10.4. The molecule has 0 saturated heterocycles. The smallest absolute Gasteiger partial charge is 0.229 e. The zero-order valence-corrected chi connectivity index (χ0v) is 11.9. The fourth-order valence-electron chi connectivity index (χ4n) is 1.83. The minimum absolute atomic E-state index is 0.208. The summed E-state index contributed by atoms with van der Waals surface area (Å²) in [5.74, 6) is 0.183. The van der Waals surface area contributed by atoms with Crippen LogP contribution in [0.3, 0.4) is 0 Å². The van der Waals surface area contributed by atoms with Crippen LogP contribution in [0.25, 0.3) is 0 Å². The standard InChI is InChI=1S/C14H14ClN3O2/c1-9-3-4-12(8-13(9)15)18(10(2)19)14-7-11(17-20)5-6-16-14/h3-8H,17H2,1-2H3. The first-order chi connectivity index (χ1) is 9.52. The molecular weight excluding hydrogens is 278 g/mol. The van der Waals surface area contributed by atoms with Gasteiger partial charge in [-0.2, -0.15) is 0 Å². The Hall–Kier alpha value is -1.95. The van der Waals surface area contributed by atoms with Crippen molar-refractivity contribution in [3.63, 3.8) is 0 Å². The van der Waals surface area contributed by atoms with Gasteiger partial charge < -0.3 is 10.7 Å². The fourth-order valence-corrected chi connectivity index (χ4v) is 2.00. The molecule has 2 rings (SSSR count). The summed E-state index contributed by atoms with van der Waals surface area (Å²) >= 11 is 6.09. The number of hydrogen-bond acceptors (Lipinski definition) is 3. The van der Waals surface area contributed by atoms with E-state index < -0.39 is 0 Å². The highest BCUT2D eigenvalue weighted by Gasteiger charge is 2.17. The van der Waals surface area contributed by atoms with Crippen molar-refractivity contribution in [2.45, 2.75) is 13.8 Å². The summed E-state index contributed by atoms with van der Waals surface area (Å²) in [5.41, 5.74) is 2.71. The molecule has 0 atom stereocenters. The molecule has 2 N–H and O–H groups in total. The Kier molecular flexibility index (Phi) is 4.34. The van der Waals surface area contributed by atoms with Crippen molar-refractivity contribution in [3.8, 4) is 0 Å². The number of anilines is 2. The van der Waals surface area contributed by atoms with Crippen molar-refractivity contribution in [1.82, 2.24) is 4.98 Å². The largest absolute Gasteiger partial charge is 0.630 e. The summed E-state index contributed by atoms with van der Waals surface area (Å²) in [7, 11) is 0. The Balaban J connectivity index is 2.50. The van der Waals surface area contributed by atoms with E-state index in [-0.39, 0.29) is 5.91 Å². The lowest BCUT2D eigenvalue weighted by Gasteiger charge is -2.21. The van der Waals surface area contributed by atoms with Crippen molar-refractivity contribution >= 4 is 34.7 Å². The van der Waals surface area contributed by atoms with Crippen molar-refractivity contribution in [2.75, 3.05) is 4.90 Å². The summed E-state index contributed by atoms with van der Waals surface area (Å²) in [6, 6.07) is 8.46. The number of nitrogens with two attached hydrogens (primary N) is 1. The molecule has 0 aliphatic heterocycles. The van der Waals surface area contributed by atoms with Crippen LogP contribution in [0.2, 0.25) is 5.02 Å². The van der Waals surface area contributed by atoms with Crippen LogP contribution in [0.15, 0.2) is 36.5 Å². The minimum Gasteiger partial charge on any atom is -0.630 e. The van der Waals surface area contributed by atoms with Crippen molar-refractivity contribution in [3.05, 3.63) is 52.3 Å². The van der Waals surface area contributed by atoms with Crippen LogP contribution in [0.1, 0.15) is 12.5 Å². The third kappa shape index (κ3) is 2.96. The van der Waals surface area contributed by atoms with E-state index in [9.17, 15) is 10.0 Å². The number of pyridine rings is 1. The van der Waals surface area contributed by atoms with Crippen LogP contribution in [0, 0.1) is 12.1 Å². The van der Waals surface area contributed by atoms with E-state index >= 15 is 0 Å². The molecule has 0 fully saturated rings. The SMILES string of the molecule is CC(=O)N(c1ccc(C)c(Cl)c1)c1cc([NH2+][O-])ccn1. The van der Waals surface area contributed by atoms with Crippen molar-refractivity contribution in [2.24, 2.45) is 0 Å². The number of hydrogen-bond donors (Lipinski definition) is 1. The molecule has 2 aromatic rings. The second-order valence-corrected chi connectivity index (χ2v) is 4.76. The van der Waals surface area contributed by atoms with Crippen LogP contribution in [0.5, 0.6) is 0 Å². The van der Waals surface area contributed by atoms with Gasteiger partial charge in [0.05, 0.1) is 5.69 Å². The van der Waals surface area contributed by atoms with E-state index in [0.29, 0.717) is 27.7 Å². The molecular formula is C14H14ClN3O2. The molecule has 5 nitrogen and oxygen atoms in total. The first-order valence-corrected chi connectivity index (χ1v) is 6.39. The van der Waals surface area contributed by atoms with Gasteiger partial charge in [0.1, 0.15) is 11.5 Å². The lowest BCUT2D eigenvalue weighted by molar-refractivity contribution is -0.497. The fraction of sp³-hybridized carbons (Fsp3) is 0.143. The zero-order valence-electron chi connectivity index (χ0n) is 11.1. The molecule has 0 spiro atoms. The molecule has 1 amide bonds. The van der Waals surface area contributed by atoms with E-state index in [1.54, 1.807) is 24.3 Å². The lowest BCUT2D eigenvalue weighted by Crippen LogP contribution is -2.70. The van der Waals surface area contributed by atoms with E-state index in [1.165, 1.54) is 18.0 Å². The van der Waals surface area contributed by atoms with Gasteiger partial charge in [0.25, 0.3) is 0 Å². The predicted octanol–water partition coefficient (Wildman–Crippen LogP) is 2.42. The van der Waals surface area contributed by atoms with Crippen LogP contribution >= 0.6 is 11.6 Å². The summed E-state index contributed by atoms with van der Waals surface area (Å²) in [6.07, 6.45) is 1.49. The maximum atomic E-state index is 11.9. The molecule has 1 heterocycles. The van der Waals surface area contributed by atoms with Crippen LogP contribution < -0.4 is 10.4 Å². The topological polar surface area (TPSA) is 72.9 Å². The number of carbonyl (C=O) groups is 1. The van der Waals surface area contributed by atoms with Crippen LogP contribution in [-0.4, -0.2) is 10.9 Å². The van der Waals surface area contributed by atoms with Gasteiger partial charge in [0.15, 0.2) is 0 Å². The number of nitrogens with zero attached hydrogens (tertiary/aromatic N) is 2. The minimum atomic E-state index is -0.208. The van der Waals surface area contributed by atoms with E-state index in [2.05, 4.69) is 4.98 Å². The number of benzene rings is 1. The van der Waals surface area contributed by atoms with Gasteiger partial charge in [0.2, 0.25) is 5.91 Å². The molecule has 0 radical (unpaired) electrons. The quantitative estimate of drug-likeness (QED) is 0.883. The van der Waals surface area contributed by atoms with Gasteiger partial charge in [-0.05, 0) is 24.6 Å². The average Bonchev–Trinajstić information content (AvgIpc) is 2.43. The Bertz CT molecular complexity index is 646. The average molecular weight is 292 g/mol. The first kappa shape index (κ1) is 14.5. The number of amides is 1. The number of carbonyl (C=O) groups excluding carboxylic acids is 1. The van der Waals surface area contributed by atoms with Crippen molar-refractivity contribution in [1.29, 1.82) is 0 Å². The van der Waals surface area contributed by atoms with E-state index in [0.717, 1.165) is 5.56 Å². The number of aryl methyl sites for hydroxylation is 1. The van der Waals surface area contributed by atoms with Gasteiger partial charge in [-0.15, -0.1) is 0 Å². The Morgan fingerprint density at radius 3 is 2.70 bits per heavy atom. The number of halogens is 1. The molecule has 20 heavy (non-hydrogen) atoms. The van der Waals surface area contributed by atoms with Gasteiger partial charge >= 0.3 is 0 Å². The summed E-state index contributed by atoms with van der Waals surface area (Å²) in [4.78, 5) is 17.5. The zero-order chi connectivity index (χ0) is 14.7. The van der Waals surface area contributed by atoms with Crippen LogP contribution in [-0.2, 0) is 4.79 Å². The van der Waals surface area contributed by atoms with Gasteiger partial charge in [-0.3, -0.25) is 9.69 Å². The summed E-state index contributed by atoms with van der Waals surface area (Å²) in [5, 5.41) is 11.4. The molecule has 0 saturated carbocycles. The molecule has 6 heteroatoms. The Labute approximate surface area is 121 Å². The van der Waals surface area contributed by atoms with Gasteiger partial charge in [-0.1, -0.05) is 17.7 Å².